The van der Waals surface area contributed by atoms with E-state index < -0.39 is 0 Å². The lowest BCUT2D eigenvalue weighted by molar-refractivity contribution is -0.117. The number of benzene rings is 1. The van der Waals surface area contributed by atoms with Gasteiger partial charge < -0.3 is 19.9 Å². The van der Waals surface area contributed by atoms with Gasteiger partial charge in [-0.25, -0.2) is 9.97 Å². The second-order valence-corrected chi connectivity index (χ2v) is 10.1. The number of fused-ring (bicyclic) bond motifs is 3. The van der Waals surface area contributed by atoms with Crippen LogP contribution in [-0.4, -0.2) is 41.6 Å². The average molecular weight is 468 g/mol. The zero-order chi connectivity index (χ0) is 23.4. The van der Waals surface area contributed by atoms with E-state index in [-0.39, 0.29) is 5.91 Å². The number of amides is 1. The third-order valence-corrected chi connectivity index (χ3v) is 7.72. The molecule has 0 unspecified atom stereocenters. The van der Waals surface area contributed by atoms with Crippen LogP contribution in [0.1, 0.15) is 50.0 Å². The van der Waals surface area contributed by atoms with Gasteiger partial charge in [0.2, 0.25) is 11.8 Å². The molecule has 0 spiro atoms. The number of aromatic nitrogens is 2. The molecule has 1 N–H and O–H groups in total. The van der Waals surface area contributed by atoms with Crippen LogP contribution in [0.15, 0.2) is 48.8 Å². The number of nitrogens with one attached hydrogen (secondary N) is 1. The van der Waals surface area contributed by atoms with Crippen molar-refractivity contribution >= 4 is 28.8 Å². The summed E-state index contributed by atoms with van der Waals surface area (Å²) >= 11 is 0. The summed E-state index contributed by atoms with van der Waals surface area (Å²) in [6.07, 6.45) is 10.2. The molecule has 0 bridgehead atoms. The zero-order valence-corrected chi connectivity index (χ0v) is 19.7. The second-order valence-electron chi connectivity index (χ2n) is 10.1. The van der Waals surface area contributed by atoms with Crippen molar-refractivity contribution in [2.75, 3.05) is 34.8 Å². The molecule has 178 valence electrons. The maximum atomic E-state index is 12.1. The molecule has 1 aliphatic carbocycles. The smallest absolute Gasteiger partial charge is 0.237 e. The molecular formula is C28H29N5O2. The van der Waals surface area contributed by atoms with Gasteiger partial charge in [-0.05, 0) is 73.4 Å². The predicted octanol–water partition coefficient (Wildman–Crippen LogP) is 5.25. The van der Waals surface area contributed by atoms with Gasteiger partial charge in [-0.3, -0.25) is 4.79 Å². The Morgan fingerprint density at radius 3 is 2.66 bits per heavy atom. The number of rotatable bonds is 5. The molecule has 7 nitrogen and oxygen atoms in total. The van der Waals surface area contributed by atoms with Crippen molar-refractivity contribution < 1.29 is 9.53 Å². The number of hydrogen-bond acceptors (Lipinski definition) is 6. The highest BCUT2D eigenvalue weighted by Crippen LogP contribution is 2.45. The molecule has 0 radical (unpaired) electrons. The van der Waals surface area contributed by atoms with Crippen LogP contribution in [0.2, 0.25) is 0 Å². The van der Waals surface area contributed by atoms with E-state index in [4.69, 9.17) is 9.72 Å². The fourth-order valence-corrected chi connectivity index (χ4v) is 5.73. The van der Waals surface area contributed by atoms with Crippen LogP contribution in [-0.2, 0) is 4.79 Å². The summed E-state index contributed by atoms with van der Waals surface area (Å²) in [5.74, 6) is 2.37. The van der Waals surface area contributed by atoms with E-state index in [1.807, 2.05) is 17.3 Å². The Hall–Kier alpha value is -3.61. The third-order valence-electron chi connectivity index (χ3n) is 7.72. The minimum atomic E-state index is 0.219. The largest absolute Gasteiger partial charge is 0.474 e. The van der Waals surface area contributed by atoms with Gasteiger partial charge in [0.15, 0.2) is 0 Å². The number of carbonyl (C=O) groups excluding carboxylic acids is 1. The van der Waals surface area contributed by atoms with Crippen molar-refractivity contribution in [1.82, 2.24) is 9.97 Å². The molecular weight excluding hydrogens is 438 g/mol. The summed E-state index contributed by atoms with van der Waals surface area (Å²) in [7, 11) is 0. The minimum absolute atomic E-state index is 0.219. The van der Waals surface area contributed by atoms with E-state index >= 15 is 0 Å². The van der Waals surface area contributed by atoms with E-state index in [2.05, 4.69) is 51.6 Å². The summed E-state index contributed by atoms with van der Waals surface area (Å²) in [5, 5.41) is 3.49. The molecule has 3 aliphatic heterocycles. The SMILES string of the molecule is O=C1CCCN1c1ccc(-c2cnc(Nc3cnc4c(c3)N3CCC[C@H]3CO4)cc2C2CC2)cc1. The van der Waals surface area contributed by atoms with Crippen LogP contribution >= 0.6 is 0 Å². The van der Waals surface area contributed by atoms with E-state index in [1.54, 1.807) is 0 Å². The molecule has 7 rings (SSSR count). The number of carbonyl (C=O) groups is 1. The Kier molecular flexibility index (Phi) is 4.89. The second kappa shape index (κ2) is 8.26. The van der Waals surface area contributed by atoms with Crippen LogP contribution in [0, 0.1) is 0 Å². The highest BCUT2D eigenvalue weighted by atomic mass is 16.5. The predicted molar refractivity (Wildman–Crippen MR) is 137 cm³/mol. The maximum Gasteiger partial charge on any atom is 0.237 e. The van der Waals surface area contributed by atoms with E-state index in [9.17, 15) is 4.79 Å². The van der Waals surface area contributed by atoms with E-state index in [0.717, 1.165) is 60.4 Å². The summed E-state index contributed by atoms with van der Waals surface area (Å²) in [6.45, 7) is 2.61. The van der Waals surface area contributed by atoms with Crippen molar-refractivity contribution in [2.24, 2.45) is 0 Å². The Labute approximate surface area is 205 Å². The van der Waals surface area contributed by atoms with Crippen LogP contribution < -0.4 is 19.9 Å². The average Bonchev–Trinajstić information content (AvgIpc) is 3.46. The minimum Gasteiger partial charge on any atom is -0.474 e. The molecule has 1 saturated carbocycles. The van der Waals surface area contributed by atoms with Crippen molar-refractivity contribution in [3.8, 4) is 17.0 Å². The lowest BCUT2D eigenvalue weighted by atomic mass is 9.98. The van der Waals surface area contributed by atoms with Gasteiger partial charge in [-0.15, -0.1) is 0 Å². The Morgan fingerprint density at radius 2 is 1.86 bits per heavy atom. The molecule has 3 fully saturated rings. The molecule has 3 aromatic rings. The summed E-state index contributed by atoms with van der Waals surface area (Å²) in [4.78, 5) is 25.8. The van der Waals surface area contributed by atoms with Gasteiger partial charge in [-0.2, -0.15) is 0 Å². The first-order valence-electron chi connectivity index (χ1n) is 12.8. The first kappa shape index (κ1) is 20.7. The molecule has 7 heteroatoms. The summed E-state index contributed by atoms with van der Waals surface area (Å²) in [6, 6.07) is 13.2. The Morgan fingerprint density at radius 1 is 0.971 bits per heavy atom. The zero-order valence-electron chi connectivity index (χ0n) is 19.7. The Balaban J connectivity index is 1.15. The van der Waals surface area contributed by atoms with E-state index in [1.165, 1.54) is 36.8 Å². The number of nitrogens with zero attached hydrogens (tertiary/aromatic N) is 4. The lowest BCUT2D eigenvalue weighted by Crippen LogP contribution is -2.38. The van der Waals surface area contributed by atoms with Gasteiger partial charge >= 0.3 is 0 Å². The van der Waals surface area contributed by atoms with Crippen LogP contribution in [0.5, 0.6) is 5.88 Å². The van der Waals surface area contributed by atoms with E-state index in [0.29, 0.717) is 18.4 Å². The molecule has 5 heterocycles. The summed E-state index contributed by atoms with van der Waals surface area (Å²) in [5.41, 5.74) is 6.66. The van der Waals surface area contributed by atoms with Crippen molar-refractivity contribution in [2.45, 2.75) is 50.5 Å². The standard InChI is InChI=1S/C28H29N5O2/c34-27-4-2-12-33(27)21-9-7-19(8-10-21)24-16-29-26(14-23(24)18-5-6-18)31-20-13-25-28(30-15-20)35-17-22-3-1-11-32(22)25/h7-10,13-16,18,22H,1-6,11-12,17H2,(H,29,31)/t22-/m0/s1. The van der Waals surface area contributed by atoms with Gasteiger partial charge in [0.25, 0.3) is 0 Å². The molecule has 2 saturated heterocycles. The summed E-state index contributed by atoms with van der Waals surface area (Å²) < 4.78 is 5.90. The van der Waals surface area contributed by atoms with Crippen LogP contribution in [0.25, 0.3) is 11.1 Å². The normalized spacial score (nSPS) is 21.0. The van der Waals surface area contributed by atoms with Crippen LogP contribution in [0.3, 0.4) is 0 Å². The maximum absolute atomic E-state index is 12.1. The first-order valence-corrected chi connectivity index (χ1v) is 12.8. The molecule has 1 aromatic carbocycles. The monoisotopic (exact) mass is 467 g/mol. The molecule has 2 aromatic heterocycles. The molecule has 1 atom stereocenters. The molecule has 4 aliphatic rings. The topological polar surface area (TPSA) is 70.6 Å². The number of pyridine rings is 2. The van der Waals surface area contributed by atoms with Gasteiger partial charge in [0.05, 0.1) is 17.9 Å². The Bertz CT molecular complexity index is 1290. The highest BCUT2D eigenvalue weighted by molar-refractivity contribution is 5.95. The van der Waals surface area contributed by atoms with Crippen molar-refractivity contribution in [3.05, 3.63) is 54.4 Å². The fourth-order valence-electron chi connectivity index (χ4n) is 5.73. The van der Waals surface area contributed by atoms with Crippen molar-refractivity contribution in [1.29, 1.82) is 0 Å². The number of hydrogen-bond donors (Lipinski definition) is 1. The van der Waals surface area contributed by atoms with Gasteiger partial charge in [-0.1, -0.05) is 12.1 Å². The van der Waals surface area contributed by atoms with Crippen LogP contribution in [0.4, 0.5) is 22.9 Å². The quantitative estimate of drug-likeness (QED) is 0.553. The fraction of sp³-hybridized carbons (Fsp3) is 0.393. The number of ether oxygens (including phenoxy) is 1. The van der Waals surface area contributed by atoms with Gasteiger partial charge in [0.1, 0.15) is 18.1 Å². The lowest BCUT2D eigenvalue weighted by Gasteiger charge is -2.32. The number of anilines is 4. The van der Waals surface area contributed by atoms with Crippen molar-refractivity contribution in [3.63, 3.8) is 0 Å². The third kappa shape index (κ3) is 3.79. The van der Waals surface area contributed by atoms with Gasteiger partial charge in [0, 0.05) is 37.0 Å². The molecule has 35 heavy (non-hydrogen) atoms. The highest BCUT2D eigenvalue weighted by Gasteiger charge is 2.32. The first-order chi connectivity index (χ1) is 17.2. The molecule has 1 amide bonds.